The van der Waals surface area contributed by atoms with Crippen molar-refractivity contribution in [3.8, 4) is 0 Å². The van der Waals surface area contributed by atoms with Gasteiger partial charge >= 0.3 is 0 Å². The minimum Gasteiger partial charge on any atom is -0.385 e. The highest BCUT2D eigenvalue weighted by Gasteiger charge is 2.18. The van der Waals surface area contributed by atoms with Gasteiger partial charge < -0.3 is 10.8 Å². The highest BCUT2D eigenvalue weighted by atomic mass is 32.1. The van der Waals surface area contributed by atoms with Crippen LogP contribution in [0.15, 0.2) is 0 Å². The van der Waals surface area contributed by atoms with E-state index in [1.165, 1.54) is 23.4 Å². The number of aryl methyl sites for hydroxylation is 2. The van der Waals surface area contributed by atoms with E-state index in [0.29, 0.717) is 0 Å². The van der Waals surface area contributed by atoms with Gasteiger partial charge in [0.15, 0.2) is 0 Å². The fraction of sp³-hybridized carbons (Fsp3) is 0.667. The summed E-state index contributed by atoms with van der Waals surface area (Å²) in [6, 6.07) is 0. The Morgan fingerprint density at radius 2 is 2.23 bits per heavy atom. The molecule has 4 heteroatoms. The van der Waals surface area contributed by atoms with E-state index in [9.17, 15) is 5.11 Å². The van der Waals surface area contributed by atoms with Gasteiger partial charge in [0.05, 0.1) is 5.69 Å². The average Bonchev–Trinajstić information content (AvgIpc) is 2.59. The van der Waals surface area contributed by atoms with E-state index in [2.05, 4.69) is 4.98 Å². The Morgan fingerprint density at radius 1 is 1.46 bits per heavy atom. The van der Waals surface area contributed by atoms with Crippen molar-refractivity contribution >= 4 is 11.3 Å². The Hall–Kier alpha value is -0.450. The molecule has 0 fully saturated rings. The van der Waals surface area contributed by atoms with E-state index in [1.54, 1.807) is 11.3 Å². The highest BCUT2D eigenvalue weighted by Crippen LogP contribution is 2.29. The lowest BCUT2D eigenvalue weighted by atomic mass is 10.0. The number of thiazole rings is 1. The molecular formula is C9H14N2OS. The van der Waals surface area contributed by atoms with Crippen LogP contribution in [0, 0.1) is 0 Å². The SMILES string of the molecule is NC[C@H](O)c1nc2c(s1)CCCC2. The number of aliphatic hydroxyl groups is 1. The number of aliphatic hydroxyl groups excluding tert-OH is 1. The van der Waals surface area contributed by atoms with Crippen LogP contribution >= 0.6 is 11.3 Å². The predicted octanol–water partition coefficient (Wildman–Crippen LogP) is 1.01. The molecule has 0 radical (unpaired) electrons. The number of hydrogen-bond donors (Lipinski definition) is 2. The van der Waals surface area contributed by atoms with Crippen LogP contribution in [-0.4, -0.2) is 16.6 Å². The molecule has 0 saturated heterocycles. The van der Waals surface area contributed by atoms with Gasteiger partial charge in [-0.1, -0.05) is 0 Å². The largest absolute Gasteiger partial charge is 0.385 e. The first-order chi connectivity index (χ1) is 6.31. The van der Waals surface area contributed by atoms with Gasteiger partial charge in [-0.2, -0.15) is 0 Å². The lowest BCUT2D eigenvalue weighted by Crippen LogP contribution is -2.11. The maximum absolute atomic E-state index is 9.50. The molecule has 2 rings (SSSR count). The van der Waals surface area contributed by atoms with Crippen LogP contribution in [0.1, 0.15) is 34.5 Å². The van der Waals surface area contributed by atoms with Crippen molar-refractivity contribution in [1.82, 2.24) is 4.98 Å². The molecule has 0 unspecified atom stereocenters. The smallest absolute Gasteiger partial charge is 0.123 e. The molecule has 0 aliphatic heterocycles. The van der Waals surface area contributed by atoms with Crippen molar-refractivity contribution in [2.75, 3.05) is 6.54 Å². The van der Waals surface area contributed by atoms with E-state index in [-0.39, 0.29) is 6.54 Å². The van der Waals surface area contributed by atoms with Gasteiger partial charge in [0.25, 0.3) is 0 Å². The first-order valence-corrected chi connectivity index (χ1v) is 5.49. The zero-order valence-corrected chi connectivity index (χ0v) is 8.31. The van der Waals surface area contributed by atoms with Gasteiger partial charge in [0.1, 0.15) is 11.1 Å². The van der Waals surface area contributed by atoms with Gasteiger partial charge in [-0.05, 0) is 25.7 Å². The van der Waals surface area contributed by atoms with Crippen LogP contribution in [0.4, 0.5) is 0 Å². The number of rotatable bonds is 2. The maximum atomic E-state index is 9.50. The molecule has 1 aromatic rings. The lowest BCUT2D eigenvalue weighted by molar-refractivity contribution is 0.186. The summed E-state index contributed by atoms with van der Waals surface area (Å²) in [5.41, 5.74) is 6.57. The van der Waals surface area contributed by atoms with Gasteiger partial charge in [-0.25, -0.2) is 4.98 Å². The molecule has 0 aromatic carbocycles. The molecule has 0 saturated carbocycles. The number of nitrogens with zero attached hydrogens (tertiary/aromatic N) is 1. The van der Waals surface area contributed by atoms with Crippen LogP contribution in [0.25, 0.3) is 0 Å². The Bertz CT molecular complexity index is 274. The summed E-state index contributed by atoms with van der Waals surface area (Å²) in [6.45, 7) is 0.270. The summed E-state index contributed by atoms with van der Waals surface area (Å²) in [4.78, 5) is 5.77. The van der Waals surface area contributed by atoms with Crippen molar-refractivity contribution in [1.29, 1.82) is 0 Å². The number of aromatic nitrogens is 1. The fourth-order valence-electron chi connectivity index (χ4n) is 1.62. The van der Waals surface area contributed by atoms with Crippen LogP contribution in [0.3, 0.4) is 0 Å². The van der Waals surface area contributed by atoms with Crippen LogP contribution < -0.4 is 5.73 Å². The third kappa shape index (κ3) is 1.75. The lowest BCUT2D eigenvalue weighted by Gasteiger charge is -2.06. The van der Waals surface area contributed by atoms with Crippen molar-refractivity contribution in [3.63, 3.8) is 0 Å². The Labute approximate surface area is 81.6 Å². The molecule has 1 aliphatic rings. The molecule has 3 N–H and O–H groups in total. The van der Waals surface area contributed by atoms with E-state index < -0.39 is 6.10 Å². The summed E-state index contributed by atoms with van der Waals surface area (Å²) < 4.78 is 0. The second-order valence-corrected chi connectivity index (χ2v) is 4.50. The fourth-order valence-corrected chi connectivity index (χ4v) is 2.77. The normalized spacial score (nSPS) is 18.3. The number of hydrogen-bond acceptors (Lipinski definition) is 4. The third-order valence-electron chi connectivity index (χ3n) is 2.37. The molecule has 0 amide bonds. The van der Waals surface area contributed by atoms with Gasteiger partial charge in [0, 0.05) is 11.4 Å². The highest BCUT2D eigenvalue weighted by molar-refractivity contribution is 7.11. The minimum atomic E-state index is -0.560. The average molecular weight is 198 g/mol. The molecule has 0 spiro atoms. The molecule has 1 aromatic heterocycles. The maximum Gasteiger partial charge on any atom is 0.123 e. The van der Waals surface area contributed by atoms with E-state index in [1.807, 2.05) is 0 Å². The van der Waals surface area contributed by atoms with Gasteiger partial charge in [-0.3, -0.25) is 0 Å². The molecule has 1 aliphatic carbocycles. The zero-order valence-electron chi connectivity index (χ0n) is 7.49. The quantitative estimate of drug-likeness (QED) is 0.745. The second-order valence-electron chi connectivity index (χ2n) is 3.38. The molecule has 1 heterocycles. The topological polar surface area (TPSA) is 59.1 Å². The van der Waals surface area contributed by atoms with Crippen molar-refractivity contribution < 1.29 is 5.11 Å². The van der Waals surface area contributed by atoms with Gasteiger partial charge in [-0.15, -0.1) is 11.3 Å². The van der Waals surface area contributed by atoms with E-state index in [0.717, 1.165) is 17.8 Å². The summed E-state index contributed by atoms with van der Waals surface area (Å²) in [5, 5.41) is 10.3. The van der Waals surface area contributed by atoms with E-state index in [4.69, 9.17) is 5.73 Å². The molecular weight excluding hydrogens is 184 g/mol. The molecule has 3 nitrogen and oxygen atoms in total. The number of fused-ring (bicyclic) bond motifs is 1. The molecule has 72 valence electrons. The van der Waals surface area contributed by atoms with Crippen LogP contribution in [0.2, 0.25) is 0 Å². The Morgan fingerprint density at radius 3 is 2.92 bits per heavy atom. The predicted molar refractivity (Wildman–Crippen MR) is 52.8 cm³/mol. The first kappa shape index (κ1) is 9.12. The monoisotopic (exact) mass is 198 g/mol. The standard InChI is InChI=1S/C9H14N2OS/c10-5-7(12)9-11-6-3-1-2-4-8(6)13-9/h7,12H,1-5,10H2/t7-/m0/s1. The summed E-state index contributed by atoms with van der Waals surface area (Å²) in [6.07, 6.45) is 4.13. The number of nitrogens with two attached hydrogens (primary N) is 1. The Balaban J connectivity index is 2.25. The molecule has 1 atom stereocenters. The first-order valence-electron chi connectivity index (χ1n) is 4.68. The summed E-state index contributed by atoms with van der Waals surface area (Å²) in [7, 11) is 0. The van der Waals surface area contributed by atoms with Gasteiger partial charge in [0.2, 0.25) is 0 Å². The van der Waals surface area contributed by atoms with Crippen LogP contribution in [-0.2, 0) is 12.8 Å². The molecule has 13 heavy (non-hydrogen) atoms. The van der Waals surface area contributed by atoms with Crippen molar-refractivity contribution in [2.24, 2.45) is 5.73 Å². The molecule has 0 bridgehead atoms. The second kappa shape index (κ2) is 3.74. The Kier molecular flexibility index (Phi) is 2.62. The van der Waals surface area contributed by atoms with Crippen molar-refractivity contribution in [2.45, 2.75) is 31.8 Å². The van der Waals surface area contributed by atoms with E-state index >= 15 is 0 Å². The zero-order chi connectivity index (χ0) is 9.26. The summed E-state index contributed by atoms with van der Waals surface area (Å²) >= 11 is 1.63. The summed E-state index contributed by atoms with van der Waals surface area (Å²) in [5.74, 6) is 0. The van der Waals surface area contributed by atoms with Crippen LogP contribution in [0.5, 0.6) is 0 Å². The minimum absolute atomic E-state index is 0.270. The third-order valence-corrected chi connectivity index (χ3v) is 3.63. The van der Waals surface area contributed by atoms with Crippen molar-refractivity contribution in [3.05, 3.63) is 15.6 Å².